The van der Waals surface area contributed by atoms with E-state index < -0.39 is 35.9 Å². The molecule has 0 unspecified atom stereocenters. The molecule has 0 bridgehead atoms. The maximum Gasteiger partial charge on any atom is 0.303 e. The Balaban J connectivity index is 1.83. The molecule has 1 saturated heterocycles. The van der Waals surface area contributed by atoms with Gasteiger partial charge in [0.2, 0.25) is 6.10 Å². The van der Waals surface area contributed by atoms with Gasteiger partial charge in [-0.05, 0) is 47.5 Å². The molecular weight excluding hydrogens is 427 g/mol. The quantitative estimate of drug-likeness (QED) is 0.402. The van der Waals surface area contributed by atoms with E-state index in [1.54, 1.807) is 38.5 Å². The Kier molecular flexibility index (Phi) is 6.26. The maximum atomic E-state index is 14.8. The topological polar surface area (TPSA) is 78.0 Å². The van der Waals surface area contributed by atoms with Gasteiger partial charge in [0.25, 0.3) is 5.91 Å². The van der Waals surface area contributed by atoms with Crippen LogP contribution in [0.2, 0.25) is 0 Å². The Morgan fingerprint density at radius 2 is 1.52 bits per heavy atom. The van der Waals surface area contributed by atoms with Crippen molar-refractivity contribution >= 4 is 11.9 Å². The number of likely N-dealkylation sites (tertiary alicyclic amines) is 1. The van der Waals surface area contributed by atoms with E-state index in [1.807, 2.05) is 24.3 Å². The van der Waals surface area contributed by atoms with Crippen LogP contribution in [0.15, 0.2) is 66.9 Å². The van der Waals surface area contributed by atoms with E-state index in [4.69, 9.17) is 14.2 Å². The molecular formula is C25H23FN2O5. The summed E-state index contributed by atoms with van der Waals surface area (Å²) in [5.74, 6) is -0.323. The summed E-state index contributed by atoms with van der Waals surface area (Å²) in [6.07, 6.45) is 0.283. The van der Waals surface area contributed by atoms with Crippen LogP contribution < -0.4 is 9.47 Å². The third kappa shape index (κ3) is 4.24. The molecule has 1 fully saturated rings. The van der Waals surface area contributed by atoms with Gasteiger partial charge in [-0.15, -0.1) is 0 Å². The summed E-state index contributed by atoms with van der Waals surface area (Å²) >= 11 is 0. The molecule has 0 radical (unpaired) electrons. The van der Waals surface area contributed by atoms with E-state index in [0.717, 1.165) is 11.1 Å². The van der Waals surface area contributed by atoms with Gasteiger partial charge in [0.05, 0.1) is 20.3 Å². The fourth-order valence-corrected chi connectivity index (χ4v) is 4.04. The highest BCUT2D eigenvalue weighted by Gasteiger charge is 2.55. The molecule has 1 aromatic heterocycles. The zero-order valence-electron chi connectivity index (χ0n) is 18.4. The number of nitrogens with zero attached hydrogens (tertiary/aromatic N) is 2. The Hall–Kier alpha value is -3.94. The Labute approximate surface area is 190 Å². The number of methoxy groups -OCH3 is 2. The molecule has 2 aromatic carbocycles. The monoisotopic (exact) mass is 450 g/mol. The largest absolute Gasteiger partial charge is 0.497 e. The fraction of sp³-hybridized carbons (Fsp3) is 0.240. The molecule has 170 valence electrons. The van der Waals surface area contributed by atoms with Gasteiger partial charge in [-0.1, -0.05) is 24.3 Å². The average Bonchev–Trinajstić information content (AvgIpc) is 2.84. The number of aromatic nitrogens is 1. The van der Waals surface area contributed by atoms with Gasteiger partial charge in [-0.2, -0.15) is 0 Å². The van der Waals surface area contributed by atoms with Crippen LogP contribution in [0.4, 0.5) is 4.39 Å². The van der Waals surface area contributed by atoms with Crippen LogP contribution in [-0.2, 0) is 14.3 Å². The number of carbonyl (C=O) groups is 2. The maximum absolute atomic E-state index is 14.8. The summed E-state index contributed by atoms with van der Waals surface area (Å²) in [7, 11) is 3.14. The number of β-lactam (4-membered cyclic amide) rings is 1. The molecule has 0 spiro atoms. The van der Waals surface area contributed by atoms with Crippen molar-refractivity contribution in [1.29, 1.82) is 0 Å². The van der Waals surface area contributed by atoms with Crippen molar-refractivity contribution in [3.63, 3.8) is 0 Å². The summed E-state index contributed by atoms with van der Waals surface area (Å²) in [6.45, 7) is 1.21. The fourth-order valence-electron chi connectivity index (χ4n) is 4.04. The summed E-state index contributed by atoms with van der Waals surface area (Å²) in [5.41, 5.74) is 1.59. The number of ether oxygens (including phenoxy) is 3. The molecule has 4 rings (SSSR count). The lowest BCUT2D eigenvalue weighted by Crippen LogP contribution is -2.61. The highest BCUT2D eigenvalue weighted by Crippen LogP contribution is 2.46. The van der Waals surface area contributed by atoms with Crippen molar-refractivity contribution in [3.05, 3.63) is 89.5 Å². The van der Waals surface area contributed by atoms with Crippen LogP contribution in [0.25, 0.3) is 0 Å². The molecule has 0 N–H and O–H groups in total. The van der Waals surface area contributed by atoms with Gasteiger partial charge >= 0.3 is 5.97 Å². The molecule has 1 amide bonds. The number of rotatable bonds is 7. The lowest BCUT2D eigenvalue weighted by Gasteiger charge is -2.49. The van der Waals surface area contributed by atoms with Gasteiger partial charge < -0.3 is 19.1 Å². The average molecular weight is 450 g/mol. The van der Waals surface area contributed by atoms with Crippen LogP contribution >= 0.6 is 0 Å². The normalized spacial score (nSPS) is 17.5. The van der Waals surface area contributed by atoms with Gasteiger partial charge in [0, 0.05) is 13.1 Å². The number of pyridine rings is 1. The van der Waals surface area contributed by atoms with E-state index in [9.17, 15) is 14.0 Å². The van der Waals surface area contributed by atoms with E-state index in [0.29, 0.717) is 11.5 Å². The third-order valence-electron chi connectivity index (χ3n) is 5.59. The van der Waals surface area contributed by atoms with E-state index in [2.05, 4.69) is 4.98 Å². The molecule has 1 aliphatic heterocycles. The Bertz CT molecular complexity index is 1100. The summed E-state index contributed by atoms with van der Waals surface area (Å²) in [5, 5.41) is 0. The van der Waals surface area contributed by atoms with Crippen LogP contribution in [0.1, 0.15) is 35.8 Å². The van der Waals surface area contributed by atoms with Crippen molar-refractivity contribution in [2.45, 2.75) is 25.1 Å². The van der Waals surface area contributed by atoms with Crippen molar-refractivity contribution in [2.75, 3.05) is 14.2 Å². The number of benzene rings is 2. The minimum Gasteiger partial charge on any atom is -0.497 e. The predicted octanol–water partition coefficient (Wildman–Crippen LogP) is 3.84. The first kappa shape index (κ1) is 22.3. The van der Waals surface area contributed by atoms with Gasteiger partial charge in [-0.25, -0.2) is 4.39 Å². The lowest BCUT2D eigenvalue weighted by atomic mass is 9.86. The molecule has 1 aliphatic rings. The summed E-state index contributed by atoms with van der Waals surface area (Å²) in [4.78, 5) is 30.6. The molecule has 7 nitrogen and oxygen atoms in total. The molecule has 0 saturated carbocycles. The predicted molar refractivity (Wildman–Crippen MR) is 117 cm³/mol. The summed E-state index contributed by atoms with van der Waals surface area (Å²) < 4.78 is 30.6. The molecule has 2 atom stereocenters. The number of hydrogen-bond acceptors (Lipinski definition) is 6. The minimum absolute atomic E-state index is 0.0374. The summed E-state index contributed by atoms with van der Waals surface area (Å²) in [6, 6.07) is 15.8. The first-order valence-electron chi connectivity index (χ1n) is 10.3. The van der Waals surface area contributed by atoms with Crippen molar-refractivity contribution < 1.29 is 28.2 Å². The van der Waals surface area contributed by atoms with Crippen LogP contribution in [0, 0.1) is 5.82 Å². The second-order valence-electron chi connectivity index (χ2n) is 7.54. The minimum atomic E-state index is -1.16. The Morgan fingerprint density at radius 1 is 0.970 bits per heavy atom. The van der Waals surface area contributed by atoms with Crippen LogP contribution in [0.3, 0.4) is 0 Å². The van der Waals surface area contributed by atoms with E-state index in [-0.39, 0.29) is 5.69 Å². The third-order valence-corrected chi connectivity index (χ3v) is 5.59. The number of carbonyl (C=O) groups excluding carboxylic acids is 2. The molecule has 0 aliphatic carbocycles. The highest BCUT2D eigenvalue weighted by atomic mass is 19.1. The molecule has 3 aromatic rings. The second kappa shape index (κ2) is 9.28. The van der Waals surface area contributed by atoms with Crippen LogP contribution in [-0.4, -0.2) is 42.1 Å². The molecule has 2 heterocycles. The van der Waals surface area contributed by atoms with Gasteiger partial charge in [-0.3, -0.25) is 14.6 Å². The van der Waals surface area contributed by atoms with Crippen molar-refractivity contribution in [2.24, 2.45) is 0 Å². The highest BCUT2D eigenvalue weighted by molar-refractivity contribution is 5.91. The second-order valence-corrected chi connectivity index (χ2v) is 7.54. The SMILES string of the molecule is COc1ccc(C(c2ccc(OC)cc2)N2C(=O)[C@@H](OC(C)=O)[C@H]2c2ncccc2F)cc1. The zero-order valence-corrected chi connectivity index (χ0v) is 18.4. The smallest absolute Gasteiger partial charge is 0.303 e. The lowest BCUT2D eigenvalue weighted by molar-refractivity contribution is -0.186. The standard InChI is InChI=1S/C25H23FN2O5/c1-15(29)33-24-23(21-20(26)5-4-14-27-21)28(25(24)30)22(16-6-10-18(31-2)11-7-16)17-8-12-19(32-3)13-9-17/h4-14,22-24H,1-3H3/t23-,24+/m1/s1. The zero-order chi connectivity index (χ0) is 23.5. The number of halogens is 1. The molecule has 33 heavy (non-hydrogen) atoms. The molecule has 8 heteroatoms. The Morgan fingerprint density at radius 3 is 1.97 bits per heavy atom. The number of amides is 1. The van der Waals surface area contributed by atoms with Crippen molar-refractivity contribution in [1.82, 2.24) is 9.88 Å². The number of esters is 1. The van der Waals surface area contributed by atoms with Gasteiger partial charge in [0.15, 0.2) is 0 Å². The van der Waals surface area contributed by atoms with E-state index >= 15 is 0 Å². The van der Waals surface area contributed by atoms with E-state index in [1.165, 1.54) is 30.2 Å². The first-order chi connectivity index (χ1) is 15.9. The van der Waals surface area contributed by atoms with Crippen LogP contribution in [0.5, 0.6) is 11.5 Å². The first-order valence-corrected chi connectivity index (χ1v) is 10.3. The van der Waals surface area contributed by atoms with Crippen molar-refractivity contribution in [3.8, 4) is 11.5 Å². The van der Waals surface area contributed by atoms with Gasteiger partial charge in [0.1, 0.15) is 29.1 Å². The number of hydrogen-bond donors (Lipinski definition) is 0.